The van der Waals surface area contributed by atoms with Gasteiger partial charge in [-0.15, -0.1) is 0 Å². The van der Waals surface area contributed by atoms with Crippen LogP contribution < -0.4 is 21.9 Å². The molecule has 1 saturated heterocycles. The minimum absolute atomic E-state index is 0.0313. The lowest BCUT2D eigenvalue weighted by molar-refractivity contribution is -0.119. The highest BCUT2D eigenvalue weighted by molar-refractivity contribution is 5.93. The molecule has 0 unspecified atom stereocenters. The van der Waals surface area contributed by atoms with E-state index in [-0.39, 0.29) is 24.1 Å². The lowest BCUT2D eigenvalue weighted by Gasteiger charge is -2.13. The van der Waals surface area contributed by atoms with Crippen molar-refractivity contribution < 1.29 is 9.18 Å². The summed E-state index contributed by atoms with van der Waals surface area (Å²) in [4.78, 5) is 42.5. The zero-order valence-electron chi connectivity index (χ0n) is 14.9. The number of pyridine rings is 1. The number of carbonyl (C=O) groups excluding carboxylic acids is 1. The highest BCUT2D eigenvalue weighted by atomic mass is 19.1. The van der Waals surface area contributed by atoms with Crippen LogP contribution in [-0.2, 0) is 11.3 Å². The van der Waals surface area contributed by atoms with Gasteiger partial charge in [-0.1, -0.05) is 12.1 Å². The van der Waals surface area contributed by atoms with E-state index in [0.717, 1.165) is 6.54 Å². The number of H-pyrrole nitrogens is 1. The number of amides is 1. The van der Waals surface area contributed by atoms with Crippen LogP contribution in [0.15, 0.2) is 46.1 Å². The van der Waals surface area contributed by atoms with Gasteiger partial charge in [0, 0.05) is 12.7 Å². The van der Waals surface area contributed by atoms with Crippen molar-refractivity contribution >= 4 is 22.5 Å². The Hall–Kier alpha value is -3.33. The fourth-order valence-electron chi connectivity index (χ4n) is 3.36. The number of nitrogens with one attached hydrogen (secondary N) is 3. The molecular weight excluding hydrogens is 365 g/mol. The first kappa shape index (κ1) is 18.1. The number of fused-ring (bicyclic) bond motifs is 1. The van der Waals surface area contributed by atoms with Gasteiger partial charge < -0.3 is 10.6 Å². The Morgan fingerprint density at radius 3 is 2.93 bits per heavy atom. The number of nitrogens with zero attached hydrogens (tertiary/aromatic N) is 2. The second kappa shape index (κ2) is 7.35. The number of hydrogen-bond acceptors (Lipinski definition) is 5. The third-order valence-electron chi connectivity index (χ3n) is 4.83. The maximum atomic E-state index is 14.1. The van der Waals surface area contributed by atoms with E-state index in [0.29, 0.717) is 29.4 Å². The fraction of sp³-hybridized carbons (Fsp3) is 0.263. The number of aromatic nitrogens is 3. The van der Waals surface area contributed by atoms with Crippen LogP contribution >= 0.6 is 0 Å². The summed E-state index contributed by atoms with van der Waals surface area (Å²) in [6.07, 6.45) is 1.99. The molecule has 3 aromatic rings. The van der Waals surface area contributed by atoms with Crippen molar-refractivity contribution in [3.63, 3.8) is 0 Å². The Balaban J connectivity index is 1.66. The van der Waals surface area contributed by atoms with E-state index in [1.165, 1.54) is 16.8 Å². The van der Waals surface area contributed by atoms with Crippen molar-refractivity contribution in [3.8, 4) is 0 Å². The van der Waals surface area contributed by atoms with Crippen LogP contribution in [0.3, 0.4) is 0 Å². The maximum Gasteiger partial charge on any atom is 0.329 e. The number of hydrogen-bond donors (Lipinski definition) is 3. The van der Waals surface area contributed by atoms with Gasteiger partial charge >= 0.3 is 5.69 Å². The van der Waals surface area contributed by atoms with Crippen LogP contribution in [0.2, 0.25) is 0 Å². The average molecular weight is 383 g/mol. The number of para-hydroxylation sites is 1. The van der Waals surface area contributed by atoms with E-state index in [4.69, 9.17) is 0 Å². The summed E-state index contributed by atoms with van der Waals surface area (Å²) in [6.45, 7) is 1.37. The average Bonchev–Trinajstić information content (AvgIpc) is 3.22. The van der Waals surface area contributed by atoms with E-state index in [1.807, 2.05) is 0 Å². The van der Waals surface area contributed by atoms with Crippen molar-refractivity contribution in [3.05, 3.63) is 68.9 Å². The van der Waals surface area contributed by atoms with Crippen LogP contribution in [0.4, 0.5) is 10.1 Å². The summed E-state index contributed by atoms with van der Waals surface area (Å²) in [5, 5.41) is 6.04. The molecule has 0 spiro atoms. The Morgan fingerprint density at radius 1 is 1.32 bits per heavy atom. The Morgan fingerprint density at radius 2 is 2.14 bits per heavy atom. The Bertz CT molecular complexity index is 1160. The minimum atomic E-state index is -0.790. The Labute approximate surface area is 158 Å². The topological polar surface area (TPSA) is 109 Å². The lowest BCUT2D eigenvalue weighted by atomic mass is 10.1. The minimum Gasteiger partial charge on any atom is -0.322 e. The molecule has 3 heterocycles. The lowest BCUT2D eigenvalue weighted by Crippen LogP contribution is -2.30. The molecule has 1 atom stereocenters. The molecule has 3 N–H and O–H groups in total. The zero-order chi connectivity index (χ0) is 19.7. The first-order valence-corrected chi connectivity index (χ1v) is 8.91. The molecule has 144 valence electrons. The van der Waals surface area contributed by atoms with E-state index >= 15 is 0 Å². The predicted octanol–water partition coefficient (Wildman–Crippen LogP) is 0.820. The second-order valence-electron chi connectivity index (χ2n) is 6.72. The molecule has 0 aliphatic carbocycles. The zero-order valence-corrected chi connectivity index (χ0v) is 14.9. The van der Waals surface area contributed by atoms with Crippen LogP contribution in [0, 0.1) is 11.9 Å². The third-order valence-corrected chi connectivity index (χ3v) is 4.83. The van der Waals surface area contributed by atoms with E-state index < -0.39 is 17.2 Å². The van der Waals surface area contributed by atoms with Gasteiger partial charge in [-0.05, 0) is 36.7 Å². The van der Waals surface area contributed by atoms with Crippen molar-refractivity contribution in [1.29, 1.82) is 0 Å². The molecular formula is C19H18FN5O3. The van der Waals surface area contributed by atoms with Gasteiger partial charge in [-0.2, -0.15) is 4.39 Å². The number of aromatic amines is 1. The number of carbonyl (C=O) groups is 1. The van der Waals surface area contributed by atoms with Gasteiger partial charge in [0.2, 0.25) is 11.9 Å². The smallest absolute Gasteiger partial charge is 0.322 e. The molecule has 2 aromatic heterocycles. The third kappa shape index (κ3) is 3.44. The van der Waals surface area contributed by atoms with Gasteiger partial charge in [-0.25, -0.2) is 9.78 Å². The number of benzene rings is 1. The number of anilines is 1. The number of halogens is 1. The molecule has 1 aliphatic heterocycles. The molecule has 9 heteroatoms. The van der Waals surface area contributed by atoms with Gasteiger partial charge in [0.1, 0.15) is 0 Å². The van der Waals surface area contributed by atoms with E-state index in [2.05, 4.69) is 20.6 Å². The summed E-state index contributed by atoms with van der Waals surface area (Å²) < 4.78 is 15.5. The van der Waals surface area contributed by atoms with Gasteiger partial charge in [0.05, 0.1) is 29.1 Å². The first-order valence-electron chi connectivity index (χ1n) is 8.91. The van der Waals surface area contributed by atoms with Crippen molar-refractivity contribution in [2.24, 2.45) is 5.92 Å². The fourth-order valence-corrected chi connectivity index (χ4v) is 3.36. The first-order chi connectivity index (χ1) is 13.5. The van der Waals surface area contributed by atoms with Crippen LogP contribution in [0.1, 0.15) is 12.0 Å². The van der Waals surface area contributed by atoms with Crippen molar-refractivity contribution in [2.45, 2.75) is 13.0 Å². The monoisotopic (exact) mass is 383 g/mol. The predicted molar refractivity (Wildman–Crippen MR) is 102 cm³/mol. The van der Waals surface area contributed by atoms with Crippen molar-refractivity contribution in [2.75, 3.05) is 18.4 Å². The Kier molecular flexibility index (Phi) is 4.74. The van der Waals surface area contributed by atoms with E-state index in [9.17, 15) is 18.8 Å². The standard InChI is InChI=1S/C19H18FN5O3/c20-16-14(23-17(26)12-5-6-21-9-12)7-11(8-22-16)10-25-15-4-2-1-3-13(15)18(27)24-19(25)28/h1-4,7-8,12,21H,5-6,9-10H2,(H,23,26)(H,24,27,28)/t12-/m0/s1. The molecule has 1 fully saturated rings. The van der Waals surface area contributed by atoms with Gasteiger partial charge in [0.15, 0.2) is 0 Å². The summed E-state index contributed by atoms with van der Waals surface area (Å²) in [5.74, 6) is -1.27. The van der Waals surface area contributed by atoms with Crippen molar-refractivity contribution in [1.82, 2.24) is 19.9 Å². The maximum absolute atomic E-state index is 14.1. The molecule has 1 amide bonds. The highest BCUT2D eigenvalue weighted by Gasteiger charge is 2.23. The molecule has 1 aromatic carbocycles. The quantitative estimate of drug-likeness (QED) is 0.578. The molecule has 8 nitrogen and oxygen atoms in total. The summed E-state index contributed by atoms with van der Waals surface area (Å²) in [7, 11) is 0. The summed E-state index contributed by atoms with van der Waals surface area (Å²) in [6, 6.07) is 8.17. The molecule has 0 bridgehead atoms. The van der Waals surface area contributed by atoms with Gasteiger partial charge in [0.25, 0.3) is 5.56 Å². The second-order valence-corrected chi connectivity index (χ2v) is 6.72. The SMILES string of the molecule is O=C(Nc1cc(Cn2c(=O)[nH]c(=O)c3ccccc32)cnc1F)[C@H]1CCNC1. The van der Waals surface area contributed by atoms with Crippen LogP contribution in [0.5, 0.6) is 0 Å². The highest BCUT2D eigenvalue weighted by Crippen LogP contribution is 2.18. The molecule has 0 saturated carbocycles. The van der Waals surface area contributed by atoms with Gasteiger partial charge in [-0.3, -0.25) is 19.1 Å². The number of rotatable bonds is 4. The largest absolute Gasteiger partial charge is 0.329 e. The normalized spacial score (nSPS) is 16.4. The van der Waals surface area contributed by atoms with E-state index in [1.54, 1.807) is 24.3 Å². The molecule has 4 rings (SSSR count). The summed E-state index contributed by atoms with van der Waals surface area (Å²) >= 11 is 0. The summed E-state index contributed by atoms with van der Waals surface area (Å²) in [5.41, 5.74) is -0.0947. The van der Waals surface area contributed by atoms with Crippen LogP contribution in [-0.4, -0.2) is 33.5 Å². The molecule has 28 heavy (non-hydrogen) atoms. The molecule has 0 radical (unpaired) electrons. The molecule has 1 aliphatic rings. The van der Waals surface area contributed by atoms with Crippen LogP contribution in [0.25, 0.3) is 10.9 Å².